The smallest absolute Gasteiger partial charge is 0.195 e. The van der Waals surface area contributed by atoms with Gasteiger partial charge >= 0.3 is 0 Å². The molecule has 0 atom stereocenters. The maximum atomic E-state index is 9.80. The van der Waals surface area contributed by atoms with Crippen molar-refractivity contribution in [3.8, 4) is 22.9 Å². The van der Waals surface area contributed by atoms with Gasteiger partial charge < -0.3 is 14.9 Å². The molecule has 0 aliphatic heterocycles. The Hall–Kier alpha value is -1.86. The summed E-state index contributed by atoms with van der Waals surface area (Å²) in [6, 6.07) is 4.24. The summed E-state index contributed by atoms with van der Waals surface area (Å²) in [5.41, 5.74) is 0.415. The third-order valence-electron chi connectivity index (χ3n) is 2.50. The molecule has 2 rings (SSSR count). The van der Waals surface area contributed by atoms with E-state index >= 15 is 0 Å². The van der Waals surface area contributed by atoms with Crippen LogP contribution < -0.4 is 0 Å². The molecule has 0 spiro atoms. The molecule has 0 saturated heterocycles. The topological polar surface area (TPSA) is 83.3 Å². The molecule has 0 aliphatic rings. The second-order valence-corrected chi connectivity index (χ2v) is 4.08. The van der Waals surface area contributed by atoms with Crippen LogP contribution in [0, 0.1) is 4.77 Å². The third-order valence-corrected chi connectivity index (χ3v) is 2.81. The molecule has 7 heteroatoms. The molecular formula is C11H13N3O3S. The zero-order valence-corrected chi connectivity index (χ0v) is 10.6. The first kappa shape index (κ1) is 12.6. The fourth-order valence-electron chi connectivity index (χ4n) is 1.62. The van der Waals surface area contributed by atoms with Crippen LogP contribution in [0.5, 0.6) is 11.5 Å². The molecule has 18 heavy (non-hydrogen) atoms. The molecule has 1 aromatic heterocycles. The Morgan fingerprint density at radius 2 is 2.22 bits per heavy atom. The van der Waals surface area contributed by atoms with Crippen molar-refractivity contribution in [2.45, 2.75) is 6.54 Å². The monoisotopic (exact) mass is 267 g/mol. The van der Waals surface area contributed by atoms with Crippen LogP contribution in [0.25, 0.3) is 11.4 Å². The normalized spacial score (nSPS) is 10.7. The summed E-state index contributed by atoms with van der Waals surface area (Å²) in [5, 5.41) is 26.0. The molecule has 0 amide bonds. The number of ether oxygens (including phenoxy) is 1. The third kappa shape index (κ3) is 2.36. The number of aromatic amines is 1. The Kier molecular flexibility index (Phi) is 3.63. The van der Waals surface area contributed by atoms with Crippen molar-refractivity contribution in [3.63, 3.8) is 0 Å². The molecule has 6 nitrogen and oxygen atoms in total. The van der Waals surface area contributed by atoms with Crippen LogP contribution in [-0.4, -0.2) is 38.7 Å². The lowest BCUT2D eigenvalue weighted by atomic mass is 10.2. The minimum Gasteiger partial charge on any atom is -0.508 e. The van der Waals surface area contributed by atoms with Crippen molar-refractivity contribution in [2.75, 3.05) is 13.7 Å². The highest BCUT2D eigenvalue weighted by atomic mass is 32.1. The van der Waals surface area contributed by atoms with Crippen LogP contribution in [0.2, 0.25) is 0 Å². The molecule has 0 bridgehead atoms. The predicted octanol–water partition coefficient (Wildman–Crippen LogP) is 1.67. The highest BCUT2D eigenvalue weighted by Gasteiger charge is 2.13. The van der Waals surface area contributed by atoms with E-state index < -0.39 is 0 Å². The molecule has 0 aliphatic carbocycles. The highest BCUT2D eigenvalue weighted by molar-refractivity contribution is 7.71. The Balaban J connectivity index is 2.50. The van der Waals surface area contributed by atoms with E-state index in [0.29, 0.717) is 29.3 Å². The summed E-state index contributed by atoms with van der Waals surface area (Å²) in [7, 11) is 1.59. The van der Waals surface area contributed by atoms with Gasteiger partial charge in [0, 0.05) is 7.11 Å². The van der Waals surface area contributed by atoms with Gasteiger partial charge in [-0.15, -0.1) is 0 Å². The molecule has 1 aromatic carbocycles. The van der Waals surface area contributed by atoms with E-state index in [1.54, 1.807) is 11.7 Å². The average molecular weight is 267 g/mol. The average Bonchev–Trinajstić information content (AvgIpc) is 2.71. The van der Waals surface area contributed by atoms with Crippen LogP contribution in [0.1, 0.15) is 0 Å². The van der Waals surface area contributed by atoms with E-state index in [1.165, 1.54) is 18.2 Å². The van der Waals surface area contributed by atoms with Crippen LogP contribution in [-0.2, 0) is 11.3 Å². The molecule has 0 unspecified atom stereocenters. The second-order valence-electron chi connectivity index (χ2n) is 3.70. The minimum absolute atomic E-state index is 0.0282. The number of rotatable bonds is 4. The maximum absolute atomic E-state index is 9.80. The van der Waals surface area contributed by atoms with Crippen molar-refractivity contribution >= 4 is 12.2 Å². The maximum Gasteiger partial charge on any atom is 0.195 e. The van der Waals surface area contributed by atoms with Gasteiger partial charge in [0.25, 0.3) is 0 Å². The van der Waals surface area contributed by atoms with E-state index in [0.717, 1.165) is 0 Å². The van der Waals surface area contributed by atoms with Gasteiger partial charge in [-0.25, -0.2) is 0 Å². The number of H-pyrrole nitrogens is 1. The molecule has 0 radical (unpaired) electrons. The zero-order valence-electron chi connectivity index (χ0n) is 9.75. The largest absolute Gasteiger partial charge is 0.508 e. The van der Waals surface area contributed by atoms with E-state index in [-0.39, 0.29) is 11.5 Å². The van der Waals surface area contributed by atoms with E-state index in [1.807, 2.05) is 0 Å². The number of aromatic nitrogens is 3. The van der Waals surface area contributed by atoms with Crippen LogP contribution in [0.3, 0.4) is 0 Å². The van der Waals surface area contributed by atoms with Gasteiger partial charge in [0.2, 0.25) is 0 Å². The lowest BCUT2D eigenvalue weighted by Gasteiger charge is -2.07. The van der Waals surface area contributed by atoms with Gasteiger partial charge in [-0.2, -0.15) is 5.10 Å². The SMILES string of the molecule is COCCn1c(-c2cc(O)ccc2O)n[nH]c1=S. The Labute approximate surface area is 108 Å². The van der Waals surface area contributed by atoms with E-state index in [2.05, 4.69) is 10.2 Å². The van der Waals surface area contributed by atoms with Crippen LogP contribution in [0.15, 0.2) is 18.2 Å². The zero-order chi connectivity index (χ0) is 13.1. The van der Waals surface area contributed by atoms with Crippen LogP contribution >= 0.6 is 12.2 Å². The molecule has 0 saturated carbocycles. The van der Waals surface area contributed by atoms with E-state index in [4.69, 9.17) is 17.0 Å². The predicted molar refractivity (Wildman–Crippen MR) is 68.1 cm³/mol. The van der Waals surface area contributed by atoms with Crippen LogP contribution in [0.4, 0.5) is 0 Å². The number of hydrogen-bond donors (Lipinski definition) is 3. The summed E-state index contributed by atoms with van der Waals surface area (Å²) in [4.78, 5) is 0. The fraction of sp³-hybridized carbons (Fsp3) is 0.273. The van der Waals surface area contributed by atoms with Gasteiger partial charge in [-0.1, -0.05) is 0 Å². The summed E-state index contributed by atoms with van der Waals surface area (Å²) in [6.45, 7) is 0.983. The lowest BCUT2D eigenvalue weighted by molar-refractivity contribution is 0.187. The van der Waals surface area contributed by atoms with Crippen molar-refractivity contribution < 1.29 is 14.9 Å². The first-order valence-corrected chi connectivity index (χ1v) is 5.71. The minimum atomic E-state index is 0.0282. The molecule has 2 aromatic rings. The summed E-state index contributed by atoms with van der Waals surface area (Å²) < 4.78 is 7.13. The number of phenolic OH excluding ortho intramolecular Hbond substituents is 2. The Morgan fingerprint density at radius 3 is 2.94 bits per heavy atom. The number of hydrogen-bond acceptors (Lipinski definition) is 5. The first-order chi connectivity index (χ1) is 8.63. The Bertz CT molecular complexity index is 606. The summed E-state index contributed by atoms with van der Waals surface area (Å²) >= 11 is 5.11. The molecular weight excluding hydrogens is 254 g/mol. The van der Waals surface area contributed by atoms with Crippen molar-refractivity contribution in [3.05, 3.63) is 23.0 Å². The van der Waals surface area contributed by atoms with Crippen molar-refractivity contribution in [2.24, 2.45) is 0 Å². The number of nitrogens with zero attached hydrogens (tertiary/aromatic N) is 2. The van der Waals surface area contributed by atoms with Gasteiger partial charge in [-0.05, 0) is 30.4 Å². The highest BCUT2D eigenvalue weighted by Crippen LogP contribution is 2.30. The standard InChI is InChI=1S/C11H13N3O3S/c1-17-5-4-14-10(12-13-11(14)18)8-6-7(15)2-3-9(8)16/h2-3,6,15-16H,4-5H2,1H3,(H,13,18). The second kappa shape index (κ2) is 5.19. The van der Waals surface area contributed by atoms with Gasteiger partial charge in [0.15, 0.2) is 10.6 Å². The molecule has 1 heterocycles. The van der Waals surface area contributed by atoms with E-state index in [9.17, 15) is 10.2 Å². The number of nitrogens with one attached hydrogen (secondary N) is 1. The summed E-state index contributed by atoms with van der Waals surface area (Å²) in [6.07, 6.45) is 0. The number of benzene rings is 1. The van der Waals surface area contributed by atoms with Gasteiger partial charge in [-0.3, -0.25) is 9.67 Å². The van der Waals surface area contributed by atoms with Gasteiger partial charge in [0.1, 0.15) is 11.5 Å². The van der Waals surface area contributed by atoms with Crippen molar-refractivity contribution in [1.29, 1.82) is 0 Å². The molecule has 96 valence electrons. The summed E-state index contributed by atoms with van der Waals surface area (Å²) in [5.74, 6) is 0.543. The van der Waals surface area contributed by atoms with Gasteiger partial charge in [0.05, 0.1) is 18.7 Å². The number of phenols is 2. The quantitative estimate of drug-likeness (QED) is 0.579. The number of aromatic hydroxyl groups is 2. The van der Waals surface area contributed by atoms with Crippen molar-refractivity contribution in [1.82, 2.24) is 14.8 Å². The fourth-order valence-corrected chi connectivity index (χ4v) is 1.84. The number of methoxy groups -OCH3 is 1. The molecule has 3 N–H and O–H groups in total. The molecule has 0 fully saturated rings. The lowest BCUT2D eigenvalue weighted by Crippen LogP contribution is -2.06. The Morgan fingerprint density at radius 1 is 1.44 bits per heavy atom. The first-order valence-electron chi connectivity index (χ1n) is 5.30.